The zero-order valence-corrected chi connectivity index (χ0v) is 19.5. The third kappa shape index (κ3) is 4.76. The Hall–Kier alpha value is -2.98. The largest absolute Gasteiger partial charge is 0.366 e. The van der Waals surface area contributed by atoms with Gasteiger partial charge in [-0.2, -0.15) is 0 Å². The average molecular weight is 461 g/mol. The Bertz CT molecular complexity index is 1140. The molecule has 1 aliphatic heterocycles. The van der Waals surface area contributed by atoms with Gasteiger partial charge in [0.2, 0.25) is 15.9 Å². The molecule has 1 saturated heterocycles. The van der Waals surface area contributed by atoms with Crippen LogP contribution >= 0.6 is 0 Å². The number of carbonyl (C=O) groups is 1. The number of sulfonamides is 1. The second-order valence-electron chi connectivity index (χ2n) is 8.20. The number of hydrogen-bond acceptors (Lipinski definition) is 6. The standard InChI is InChI=1S/C22H28N4O5S/c1-15-13-18(32(30,31)24(3)4)14-19(16(15)2)23-22(27)17-9-11-25(12-10-17)20-7-5-6-8-21(20)26(28)29/h5-8,13-14,17H,9-12H2,1-4H3,(H,23,27). The van der Waals surface area contributed by atoms with Crippen LogP contribution in [0.15, 0.2) is 41.3 Å². The lowest BCUT2D eigenvalue weighted by Crippen LogP contribution is -2.38. The molecule has 32 heavy (non-hydrogen) atoms. The molecule has 1 aliphatic rings. The third-order valence-electron chi connectivity index (χ3n) is 5.96. The Morgan fingerprint density at radius 3 is 2.38 bits per heavy atom. The van der Waals surface area contributed by atoms with E-state index in [4.69, 9.17) is 0 Å². The molecule has 0 aromatic heterocycles. The molecule has 0 spiro atoms. The van der Waals surface area contributed by atoms with Gasteiger partial charge in [-0.3, -0.25) is 14.9 Å². The van der Waals surface area contributed by atoms with Gasteiger partial charge in [0, 0.05) is 44.9 Å². The van der Waals surface area contributed by atoms with E-state index < -0.39 is 14.9 Å². The van der Waals surface area contributed by atoms with Gasteiger partial charge in [0.1, 0.15) is 5.69 Å². The van der Waals surface area contributed by atoms with Crippen molar-refractivity contribution >= 4 is 33.0 Å². The van der Waals surface area contributed by atoms with Crippen molar-refractivity contribution in [2.45, 2.75) is 31.6 Å². The monoisotopic (exact) mass is 460 g/mol. The third-order valence-corrected chi connectivity index (χ3v) is 7.76. The Balaban J connectivity index is 1.73. The number of anilines is 2. The van der Waals surface area contributed by atoms with Crippen molar-refractivity contribution in [1.82, 2.24) is 4.31 Å². The van der Waals surface area contributed by atoms with Crippen molar-refractivity contribution in [3.8, 4) is 0 Å². The molecule has 172 valence electrons. The van der Waals surface area contributed by atoms with E-state index in [1.54, 1.807) is 24.3 Å². The zero-order chi connectivity index (χ0) is 23.6. The molecule has 2 aromatic rings. The van der Waals surface area contributed by atoms with Crippen molar-refractivity contribution in [3.63, 3.8) is 0 Å². The summed E-state index contributed by atoms with van der Waals surface area (Å²) in [5, 5.41) is 14.2. The highest BCUT2D eigenvalue weighted by molar-refractivity contribution is 7.89. The van der Waals surface area contributed by atoms with E-state index in [0.717, 1.165) is 15.4 Å². The van der Waals surface area contributed by atoms with Crippen molar-refractivity contribution in [2.24, 2.45) is 5.92 Å². The summed E-state index contributed by atoms with van der Waals surface area (Å²) >= 11 is 0. The van der Waals surface area contributed by atoms with Gasteiger partial charge in [-0.1, -0.05) is 12.1 Å². The summed E-state index contributed by atoms with van der Waals surface area (Å²) in [6.07, 6.45) is 1.09. The molecule has 0 unspecified atom stereocenters. The molecule has 10 heteroatoms. The number of nitrogens with zero attached hydrogens (tertiary/aromatic N) is 3. The second-order valence-corrected chi connectivity index (χ2v) is 10.3. The average Bonchev–Trinajstić information content (AvgIpc) is 2.76. The van der Waals surface area contributed by atoms with Crippen molar-refractivity contribution in [1.29, 1.82) is 0 Å². The molecule has 3 rings (SSSR count). The number of nitro benzene ring substituents is 1. The number of nitro groups is 1. The molecule has 0 bridgehead atoms. The zero-order valence-electron chi connectivity index (χ0n) is 18.7. The lowest BCUT2D eigenvalue weighted by molar-refractivity contribution is -0.384. The van der Waals surface area contributed by atoms with E-state index in [1.807, 2.05) is 18.7 Å². The summed E-state index contributed by atoms with van der Waals surface area (Å²) in [6.45, 7) is 4.70. The molecule has 1 N–H and O–H groups in total. The van der Waals surface area contributed by atoms with Gasteiger partial charge >= 0.3 is 0 Å². The summed E-state index contributed by atoms with van der Waals surface area (Å²) in [5.74, 6) is -0.433. The number of piperidine rings is 1. The Labute approximate surface area is 188 Å². The minimum absolute atomic E-state index is 0.0559. The van der Waals surface area contributed by atoms with E-state index in [1.165, 1.54) is 26.2 Å². The van der Waals surface area contributed by atoms with E-state index in [2.05, 4.69) is 5.32 Å². The van der Waals surface area contributed by atoms with Crippen LogP contribution in [0.2, 0.25) is 0 Å². The van der Waals surface area contributed by atoms with Crippen LogP contribution in [-0.2, 0) is 14.8 Å². The first-order valence-electron chi connectivity index (χ1n) is 10.4. The Kier molecular flexibility index (Phi) is 6.85. The van der Waals surface area contributed by atoms with Crippen LogP contribution in [0.4, 0.5) is 17.1 Å². The van der Waals surface area contributed by atoms with Crippen LogP contribution in [0.1, 0.15) is 24.0 Å². The van der Waals surface area contributed by atoms with Gasteiger partial charge in [0.05, 0.1) is 9.82 Å². The number of rotatable bonds is 6. The first-order valence-corrected chi connectivity index (χ1v) is 11.8. The van der Waals surface area contributed by atoms with E-state index >= 15 is 0 Å². The van der Waals surface area contributed by atoms with Crippen LogP contribution in [0.5, 0.6) is 0 Å². The molecular formula is C22H28N4O5S. The first-order chi connectivity index (χ1) is 15.0. The number of para-hydroxylation sites is 2. The molecular weight excluding hydrogens is 432 g/mol. The van der Waals surface area contributed by atoms with E-state index in [-0.39, 0.29) is 22.4 Å². The Morgan fingerprint density at radius 2 is 1.78 bits per heavy atom. The number of hydrogen-bond donors (Lipinski definition) is 1. The van der Waals surface area contributed by atoms with Crippen LogP contribution in [0.25, 0.3) is 0 Å². The van der Waals surface area contributed by atoms with E-state index in [0.29, 0.717) is 37.3 Å². The fourth-order valence-corrected chi connectivity index (χ4v) is 4.83. The summed E-state index contributed by atoms with van der Waals surface area (Å²) in [6, 6.07) is 9.71. The van der Waals surface area contributed by atoms with Gasteiger partial charge in [-0.05, 0) is 56.0 Å². The predicted octanol–water partition coefficient (Wildman–Crippen LogP) is 3.32. The lowest BCUT2D eigenvalue weighted by atomic mass is 9.95. The van der Waals surface area contributed by atoms with Crippen molar-refractivity contribution in [3.05, 3.63) is 57.6 Å². The normalized spacial score (nSPS) is 15.1. The molecule has 1 amide bonds. The van der Waals surface area contributed by atoms with Crippen LogP contribution in [0, 0.1) is 29.9 Å². The summed E-state index contributed by atoms with van der Waals surface area (Å²) in [5.41, 5.74) is 2.68. The van der Waals surface area contributed by atoms with E-state index in [9.17, 15) is 23.3 Å². The van der Waals surface area contributed by atoms with Gasteiger partial charge < -0.3 is 10.2 Å². The molecule has 1 heterocycles. The molecule has 0 radical (unpaired) electrons. The fraction of sp³-hybridized carbons (Fsp3) is 0.409. The topological polar surface area (TPSA) is 113 Å². The number of nitrogens with one attached hydrogen (secondary N) is 1. The van der Waals surface area contributed by atoms with Crippen LogP contribution in [0.3, 0.4) is 0 Å². The highest BCUT2D eigenvalue weighted by atomic mass is 32.2. The second kappa shape index (κ2) is 9.25. The minimum Gasteiger partial charge on any atom is -0.366 e. The summed E-state index contributed by atoms with van der Waals surface area (Å²) in [7, 11) is -0.696. The fourth-order valence-electron chi connectivity index (χ4n) is 3.82. The maximum atomic E-state index is 12.9. The number of benzene rings is 2. The highest BCUT2D eigenvalue weighted by Crippen LogP contribution is 2.32. The van der Waals surface area contributed by atoms with Crippen LogP contribution < -0.4 is 10.2 Å². The summed E-state index contributed by atoms with van der Waals surface area (Å²) < 4.78 is 26.2. The van der Waals surface area contributed by atoms with Gasteiger partial charge in [-0.25, -0.2) is 12.7 Å². The minimum atomic E-state index is -3.63. The Morgan fingerprint density at radius 1 is 1.16 bits per heavy atom. The van der Waals surface area contributed by atoms with Crippen molar-refractivity contribution in [2.75, 3.05) is 37.4 Å². The lowest BCUT2D eigenvalue weighted by Gasteiger charge is -2.32. The van der Waals surface area contributed by atoms with Gasteiger partial charge in [0.15, 0.2) is 0 Å². The van der Waals surface area contributed by atoms with Gasteiger partial charge in [-0.15, -0.1) is 0 Å². The maximum absolute atomic E-state index is 12.9. The highest BCUT2D eigenvalue weighted by Gasteiger charge is 2.29. The van der Waals surface area contributed by atoms with Crippen molar-refractivity contribution < 1.29 is 18.1 Å². The molecule has 0 saturated carbocycles. The predicted molar refractivity (Wildman–Crippen MR) is 123 cm³/mol. The molecule has 1 fully saturated rings. The maximum Gasteiger partial charge on any atom is 0.292 e. The molecule has 2 aromatic carbocycles. The SMILES string of the molecule is Cc1cc(S(=O)(=O)N(C)C)cc(NC(=O)C2CCN(c3ccccc3[N+](=O)[O-])CC2)c1C. The molecule has 0 aliphatic carbocycles. The smallest absolute Gasteiger partial charge is 0.292 e. The number of amides is 1. The molecule has 0 atom stereocenters. The van der Waals surface area contributed by atoms with Crippen LogP contribution in [-0.4, -0.2) is 50.7 Å². The number of aryl methyl sites for hydroxylation is 1. The molecule has 9 nitrogen and oxygen atoms in total. The van der Waals surface area contributed by atoms with Gasteiger partial charge in [0.25, 0.3) is 5.69 Å². The quantitative estimate of drug-likeness (QED) is 0.523. The number of carbonyl (C=O) groups excluding carboxylic acids is 1. The summed E-state index contributed by atoms with van der Waals surface area (Å²) in [4.78, 5) is 25.9. The first kappa shape index (κ1) is 23.7.